The summed E-state index contributed by atoms with van der Waals surface area (Å²) in [6.07, 6.45) is 0.857. The first-order valence-electron chi connectivity index (χ1n) is 9.85. The lowest BCUT2D eigenvalue weighted by atomic mass is 9.98. The molecule has 9 heteroatoms. The van der Waals surface area contributed by atoms with Crippen LogP contribution in [0, 0.1) is 5.92 Å². The van der Waals surface area contributed by atoms with Gasteiger partial charge in [-0.15, -0.1) is 11.3 Å². The van der Waals surface area contributed by atoms with Crippen molar-refractivity contribution in [2.45, 2.75) is 24.3 Å². The smallest absolute Gasteiger partial charge is 0.309 e. The molecular weight excluding hydrogens is 456 g/mol. The predicted octanol–water partition coefficient (Wildman–Crippen LogP) is 4.61. The van der Waals surface area contributed by atoms with Crippen molar-refractivity contribution in [3.05, 3.63) is 70.7 Å². The lowest BCUT2D eigenvalue weighted by Crippen LogP contribution is -2.40. The van der Waals surface area contributed by atoms with Crippen molar-refractivity contribution in [3.63, 3.8) is 0 Å². The fourth-order valence-electron chi connectivity index (χ4n) is 3.44. The molecule has 3 aromatic rings. The van der Waals surface area contributed by atoms with Gasteiger partial charge in [0.15, 0.2) is 0 Å². The monoisotopic (exact) mass is 476 g/mol. The highest BCUT2D eigenvalue weighted by atomic mass is 35.5. The Morgan fingerprint density at radius 1 is 1.10 bits per heavy atom. The fourth-order valence-corrected chi connectivity index (χ4v) is 5.84. The van der Waals surface area contributed by atoms with Gasteiger partial charge in [-0.1, -0.05) is 41.9 Å². The van der Waals surface area contributed by atoms with E-state index < -0.39 is 10.0 Å². The molecule has 0 aliphatic carbocycles. The van der Waals surface area contributed by atoms with Crippen LogP contribution in [0.15, 0.2) is 64.9 Å². The predicted molar refractivity (Wildman–Crippen MR) is 120 cm³/mol. The molecule has 0 radical (unpaired) electrons. The van der Waals surface area contributed by atoms with Crippen LogP contribution in [0.4, 0.5) is 0 Å². The van der Waals surface area contributed by atoms with E-state index in [1.54, 1.807) is 12.1 Å². The number of aromatic nitrogens is 1. The number of sulfonamides is 1. The maximum absolute atomic E-state index is 12.8. The number of hydrogen-bond donors (Lipinski definition) is 0. The third kappa shape index (κ3) is 5.15. The summed E-state index contributed by atoms with van der Waals surface area (Å²) in [5.41, 5.74) is 1.74. The zero-order chi connectivity index (χ0) is 21.8. The minimum absolute atomic E-state index is 0.117. The number of benzene rings is 2. The van der Waals surface area contributed by atoms with Crippen LogP contribution >= 0.6 is 22.9 Å². The number of halogens is 1. The molecule has 6 nitrogen and oxygen atoms in total. The Balaban J connectivity index is 1.30. The third-order valence-corrected chi connectivity index (χ3v) is 8.28. The molecule has 1 fully saturated rings. The normalized spacial score (nSPS) is 15.6. The summed E-state index contributed by atoms with van der Waals surface area (Å²) in [5.74, 6) is -0.623. The summed E-state index contributed by atoms with van der Waals surface area (Å²) >= 11 is 7.35. The lowest BCUT2D eigenvalue weighted by Gasteiger charge is -2.30. The van der Waals surface area contributed by atoms with Gasteiger partial charge >= 0.3 is 5.97 Å². The average Bonchev–Trinajstić information content (AvgIpc) is 3.27. The topological polar surface area (TPSA) is 76.6 Å². The minimum Gasteiger partial charge on any atom is -0.459 e. The fraction of sp³-hybridized carbons (Fsp3) is 0.273. The van der Waals surface area contributed by atoms with Crippen LogP contribution in [-0.4, -0.2) is 36.8 Å². The van der Waals surface area contributed by atoms with E-state index in [0.717, 1.165) is 10.6 Å². The van der Waals surface area contributed by atoms with Crippen molar-refractivity contribution in [1.29, 1.82) is 0 Å². The Kier molecular flexibility index (Phi) is 6.71. The molecule has 0 saturated carbocycles. The van der Waals surface area contributed by atoms with Crippen LogP contribution < -0.4 is 0 Å². The maximum Gasteiger partial charge on any atom is 0.309 e. The summed E-state index contributed by atoms with van der Waals surface area (Å²) in [6.45, 7) is 0.671. The molecule has 1 aromatic heterocycles. The molecule has 31 heavy (non-hydrogen) atoms. The largest absolute Gasteiger partial charge is 0.459 e. The first-order chi connectivity index (χ1) is 14.9. The molecule has 1 aliphatic heterocycles. The van der Waals surface area contributed by atoms with Crippen molar-refractivity contribution in [1.82, 2.24) is 9.29 Å². The molecule has 1 aliphatic rings. The minimum atomic E-state index is -3.59. The van der Waals surface area contributed by atoms with Crippen LogP contribution in [0.2, 0.25) is 5.02 Å². The van der Waals surface area contributed by atoms with Gasteiger partial charge in [-0.05, 0) is 37.1 Å². The van der Waals surface area contributed by atoms with Gasteiger partial charge in [-0.25, -0.2) is 13.4 Å². The van der Waals surface area contributed by atoms with Crippen LogP contribution in [-0.2, 0) is 26.2 Å². The zero-order valence-electron chi connectivity index (χ0n) is 16.6. The Morgan fingerprint density at radius 2 is 1.77 bits per heavy atom. The molecule has 2 aromatic carbocycles. The molecule has 0 N–H and O–H groups in total. The molecule has 162 valence electrons. The number of hydrogen-bond acceptors (Lipinski definition) is 6. The van der Waals surface area contributed by atoms with Gasteiger partial charge < -0.3 is 4.74 Å². The molecule has 0 atom stereocenters. The Bertz CT molecular complexity index is 1140. The molecular formula is C22H21ClN2O4S2. The van der Waals surface area contributed by atoms with E-state index in [-0.39, 0.29) is 36.5 Å². The number of thiazole rings is 1. The van der Waals surface area contributed by atoms with Crippen LogP contribution in [0.1, 0.15) is 18.5 Å². The highest BCUT2D eigenvalue weighted by Crippen LogP contribution is 2.27. The number of carbonyl (C=O) groups is 1. The number of ether oxygens (including phenoxy) is 1. The molecule has 0 spiro atoms. The maximum atomic E-state index is 12.8. The number of rotatable bonds is 6. The second kappa shape index (κ2) is 9.48. The summed E-state index contributed by atoms with van der Waals surface area (Å²) in [6, 6.07) is 15.9. The molecule has 2 heterocycles. The number of carbonyl (C=O) groups excluding carboxylic acids is 1. The second-order valence-corrected chi connectivity index (χ2v) is 10.5. The summed E-state index contributed by atoms with van der Waals surface area (Å²) in [5, 5.41) is 3.25. The van der Waals surface area contributed by atoms with Crippen molar-refractivity contribution in [3.8, 4) is 10.6 Å². The molecule has 1 saturated heterocycles. The van der Waals surface area contributed by atoms with Crippen molar-refractivity contribution in [2.24, 2.45) is 5.92 Å². The second-order valence-electron chi connectivity index (χ2n) is 7.25. The van der Waals surface area contributed by atoms with Crippen LogP contribution in [0.3, 0.4) is 0 Å². The quantitative estimate of drug-likeness (QED) is 0.485. The Hall–Kier alpha value is -2.26. The van der Waals surface area contributed by atoms with Gasteiger partial charge in [-0.3, -0.25) is 4.79 Å². The Morgan fingerprint density at radius 3 is 2.45 bits per heavy atom. The summed E-state index contributed by atoms with van der Waals surface area (Å²) in [7, 11) is -3.59. The third-order valence-electron chi connectivity index (χ3n) is 5.17. The van der Waals surface area contributed by atoms with Gasteiger partial charge in [-0.2, -0.15) is 4.31 Å². The summed E-state index contributed by atoms with van der Waals surface area (Å²) < 4.78 is 32.4. The Labute approximate surface area is 190 Å². The van der Waals surface area contributed by atoms with Gasteiger partial charge in [0, 0.05) is 29.1 Å². The number of nitrogens with zero attached hydrogens (tertiary/aromatic N) is 2. The van der Waals surface area contributed by atoms with E-state index >= 15 is 0 Å². The molecule has 0 amide bonds. The van der Waals surface area contributed by atoms with Crippen LogP contribution in [0.5, 0.6) is 0 Å². The first-order valence-corrected chi connectivity index (χ1v) is 12.6. The van der Waals surface area contributed by atoms with Crippen molar-refractivity contribution >= 4 is 38.9 Å². The highest BCUT2D eigenvalue weighted by molar-refractivity contribution is 7.89. The van der Waals surface area contributed by atoms with Gasteiger partial charge in [0.25, 0.3) is 0 Å². The van der Waals surface area contributed by atoms with E-state index in [2.05, 4.69) is 4.98 Å². The lowest BCUT2D eigenvalue weighted by molar-refractivity contribution is -0.151. The van der Waals surface area contributed by atoms with Crippen molar-refractivity contribution < 1.29 is 17.9 Å². The van der Waals surface area contributed by atoms with Gasteiger partial charge in [0.2, 0.25) is 10.0 Å². The average molecular weight is 477 g/mol. The van der Waals surface area contributed by atoms with E-state index in [0.29, 0.717) is 23.6 Å². The summed E-state index contributed by atoms with van der Waals surface area (Å²) in [4.78, 5) is 17.2. The number of esters is 1. The molecule has 0 bridgehead atoms. The van der Waals surface area contributed by atoms with Crippen molar-refractivity contribution in [2.75, 3.05) is 13.1 Å². The SMILES string of the molecule is O=C(OCc1csc(-c2ccccc2)n1)C1CCN(S(=O)(=O)c2ccc(Cl)cc2)CC1. The van der Waals surface area contributed by atoms with Gasteiger partial charge in [0.05, 0.1) is 16.5 Å². The van der Waals surface area contributed by atoms with E-state index in [1.165, 1.54) is 27.8 Å². The van der Waals surface area contributed by atoms with E-state index in [9.17, 15) is 13.2 Å². The zero-order valence-corrected chi connectivity index (χ0v) is 19.0. The number of piperidine rings is 1. The standard InChI is InChI=1S/C22H21ClN2O4S2/c23-18-6-8-20(9-7-18)31(27,28)25-12-10-17(11-13-25)22(26)29-14-19-15-30-21(24-19)16-4-2-1-3-5-16/h1-9,15,17H,10-14H2. The van der Waals surface area contributed by atoms with Gasteiger partial charge in [0.1, 0.15) is 11.6 Å². The molecule has 0 unspecified atom stereocenters. The van der Waals surface area contributed by atoms with E-state index in [4.69, 9.17) is 16.3 Å². The highest BCUT2D eigenvalue weighted by Gasteiger charge is 2.32. The van der Waals surface area contributed by atoms with Crippen LogP contribution in [0.25, 0.3) is 10.6 Å². The first kappa shape index (κ1) is 22.0. The molecule has 4 rings (SSSR count). The van der Waals surface area contributed by atoms with E-state index in [1.807, 2.05) is 35.7 Å².